The van der Waals surface area contributed by atoms with Gasteiger partial charge >= 0.3 is 0 Å². The molecule has 3 unspecified atom stereocenters. The third-order valence-electron chi connectivity index (χ3n) is 6.91. The first-order chi connectivity index (χ1) is 17.2. The van der Waals surface area contributed by atoms with Crippen molar-refractivity contribution in [2.45, 2.75) is 64.7 Å². The zero-order valence-corrected chi connectivity index (χ0v) is 20.5. The average Bonchev–Trinajstić information content (AvgIpc) is 3.50. The normalized spacial score (nSPS) is 21.5. The Balaban J connectivity index is 1.48. The number of hydrogen-bond donors (Lipinski definition) is 3. The number of halogens is 2. The van der Waals surface area contributed by atoms with E-state index >= 15 is 4.39 Å². The summed E-state index contributed by atoms with van der Waals surface area (Å²) in [4.78, 5) is 36.4. The number of rotatable bonds is 7. The standard InChI is InChI=1S/C26H29F2N5O3/c1-12-4-7-19(36-10-15-5-6-15)21(22(12)28)24-25-23(29-11-30-24)20(13(2)31-25)26(35)33-18-9-16(8-17(18)27)32-14(3)34/h4,7,11,15-18,31H,5-6,8-10H2,1-3H3,(H,32,34)(H,33,35). The van der Waals surface area contributed by atoms with Gasteiger partial charge in [-0.3, -0.25) is 9.59 Å². The number of carbonyl (C=O) groups is 2. The largest absolute Gasteiger partial charge is 0.492 e. The molecule has 3 N–H and O–H groups in total. The Labute approximate surface area is 207 Å². The second-order valence-corrected chi connectivity index (χ2v) is 9.86. The number of ether oxygens (including phenoxy) is 1. The molecule has 0 saturated heterocycles. The number of amides is 2. The highest BCUT2D eigenvalue weighted by Gasteiger charge is 2.37. The van der Waals surface area contributed by atoms with E-state index < -0.39 is 23.9 Å². The van der Waals surface area contributed by atoms with Crippen LogP contribution in [0.5, 0.6) is 5.75 Å². The molecule has 2 aliphatic rings. The molecular formula is C26H29F2N5O3. The fourth-order valence-electron chi connectivity index (χ4n) is 4.87. The lowest BCUT2D eigenvalue weighted by atomic mass is 10.0. The van der Waals surface area contributed by atoms with Crippen LogP contribution in [0.2, 0.25) is 0 Å². The Kier molecular flexibility index (Phi) is 6.36. The minimum Gasteiger partial charge on any atom is -0.492 e. The van der Waals surface area contributed by atoms with Gasteiger partial charge < -0.3 is 20.4 Å². The number of nitrogens with zero attached hydrogens (tertiary/aromatic N) is 2. The number of nitrogens with one attached hydrogen (secondary N) is 3. The van der Waals surface area contributed by atoms with E-state index in [0.717, 1.165) is 12.8 Å². The molecule has 36 heavy (non-hydrogen) atoms. The summed E-state index contributed by atoms with van der Waals surface area (Å²) in [6.45, 7) is 5.26. The third kappa shape index (κ3) is 4.64. The van der Waals surface area contributed by atoms with Gasteiger partial charge in [0.05, 0.1) is 29.3 Å². The summed E-state index contributed by atoms with van der Waals surface area (Å²) < 4.78 is 36.0. The molecule has 0 spiro atoms. The molecule has 8 nitrogen and oxygen atoms in total. The molecule has 0 radical (unpaired) electrons. The van der Waals surface area contributed by atoms with Crippen molar-refractivity contribution in [3.8, 4) is 17.0 Å². The molecule has 2 heterocycles. The number of H-pyrrole nitrogens is 1. The Morgan fingerprint density at radius 2 is 1.94 bits per heavy atom. The summed E-state index contributed by atoms with van der Waals surface area (Å²) >= 11 is 0. The number of benzene rings is 1. The number of hydrogen-bond acceptors (Lipinski definition) is 5. The molecule has 2 aromatic heterocycles. The summed E-state index contributed by atoms with van der Waals surface area (Å²) in [5.74, 6) is -0.305. The van der Waals surface area contributed by atoms with Crippen LogP contribution in [0.4, 0.5) is 8.78 Å². The zero-order chi connectivity index (χ0) is 25.6. The van der Waals surface area contributed by atoms with Crippen LogP contribution in [0.1, 0.15) is 54.2 Å². The summed E-state index contributed by atoms with van der Waals surface area (Å²) in [5, 5.41) is 5.46. The molecule has 10 heteroatoms. The maximum absolute atomic E-state index is 15.4. The van der Waals surface area contributed by atoms with Crippen molar-refractivity contribution >= 4 is 22.8 Å². The van der Waals surface area contributed by atoms with Crippen LogP contribution in [0, 0.1) is 25.6 Å². The van der Waals surface area contributed by atoms with Crippen molar-refractivity contribution < 1.29 is 23.1 Å². The summed E-state index contributed by atoms with van der Waals surface area (Å²) in [6, 6.07) is 2.33. The van der Waals surface area contributed by atoms with Crippen LogP contribution in [-0.2, 0) is 4.79 Å². The molecule has 2 saturated carbocycles. The van der Waals surface area contributed by atoms with Crippen molar-refractivity contribution in [3.63, 3.8) is 0 Å². The molecule has 5 rings (SSSR count). The first-order valence-corrected chi connectivity index (χ1v) is 12.2. The van der Waals surface area contributed by atoms with Crippen molar-refractivity contribution in [2.24, 2.45) is 5.92 Å². The van der Waals surface area contributed by atoms with Crippen LogP contribution in [0.15, 0.2) is 18.5 Å². The van der Waals surface area contributed by atoms with E-state index in [2.05, 4.69) is 25.6 Å². The first-order valence-electron chi connectivity index (χ1n) is 12.2. The summed E-state index contributed by atoms with van der Waals surface area (Å²) in [6.07, 6.45) is 2.64. The molecule has 190 valence electrons. The quantitative estimate of drug-likeness (QED) is 0.459. The van der Waals surface area contributed by atoms with Gasteiger partial charge in [0.1, 0.15) is 35.3 Å². The minimum absolute atomic E-state index is 0.139. The topological polar surface area (TPSA) is 109 Å². The van der Waals surface area contributed by atoms with E-state index in [1.807, 2.05) is 0 Å². The second-order valence-electron chi connectivity index (χ2n) is 9.86. The van der Waals surface area contributed by atoms with Gasteiger partial charge in [0.25, 0.3) is 5.91 Å². The van der Waals surface area contributed by atoms with Gasteiger partial charge in [-0.05, 0) is 50.7 Å². The predicted octanol–water partition coefficient (Wildman–Crippen LogP) is 3.90. The maximum Gasteiger partial charge on any atom is 0.255 e. The number of alkyl halides is 1. The lowest BCUT2D eigenvalue weighted by molar-refractivity contribution is -0.119. The van der Waals surface area contributed by atoms with Crippen molar-refractivity contribution in [2.75, 3.05) is 6.61 Å². The van der Waals surface area contributed by atoms with E-state index in [0.29, 0.717) is 52.7 Å². The molecule has 0 bridgehead atoms. The average molecular weight is 498 g/mol. The van der Waals surface area contributed by atoms with Gasteiger partial charge in [-0.15, -0.1) is 0 Å². The Hall–Kier alpha value is -3.56. The first kappa shape index (κ1) is 24.1. The SMILES string of the molecule is CC(=O)NC1CC(F)C(NC(=O)c2c(C)[nH]c3c(-c4c(OCC5CC5)ccc(C)c4F)ncnc23)C1. The number of carbonyl (C=O) groups excluding carboxylic acids is 2. The van der Waals surface area contributed by atoms with Crippen LogP contribution < -0.4 is 15.4 Å². The van der Waals surface area contributed by atoms with Gasteiger partial charge in [-0.1, -0.05) is 6.07 Å². The second kappa shape index (κ2) is 9.48. The summed E-state index contributed by atoms with van der Waals surface area (Å²) in [7, 11) is 0. The van der Waals surface area contributed by atoms with Crippen molar-refractivity contribution in [1.82, 2.24) is 25.6 Å². The number of aryl methyl sites for hydroxylation is 2. The van der Waals surface area contributed by atoms with E-state index in [9.17, 15) is 14.0 Å². The summed E-state index contributed by atoms with van der Waals surface area (Å²) in [5.41, 5.74) is 2.43. The van der Waals surface area contributed by atoms with Gasteiger partial charge in [-0.2, -0.15) is 0 Å². The number of aromatic amines is 1. The lowest BCUT2D eigenvalue weighted by Gasteiger charge is -2.15. The number of aromatic nitrogens is 3. The van der Waals surface area contributed by atoms with Gasteiger partial charge in [0, 0.05) is 25.1 Å². The lowest BCUT2D eigenvalue weighted by Crippen LogP contribution is -2.39. The Bertz CT molecular complexity index is 1340. The zero-order valence-electron chi connectivity index (χ0n) is 20.5. The minimum atomic E-state index is -1.28. The predicted molar refractivity (Wildman–Crippen MR) is 130 cm³/mol. The molecule has 2 amide bonds. The van der Waals surface area contributed by atoms with Crippen LogP contribution in [0.3, 0.4) is 0 Å². The van der Waals surface area contributed by atoms with Crippen LogP contribution in [-0.4, -0.2) is 51.6 Å². The molecule has 0 aliphatic heterocycles. The van der Waals surface area contributed by atoms with Gasteiger partial charge in [0.15, 0.2) is 0 Å². The van der Waals surface area contributed by atoms with Gasteiger partial charge in [-0.25, -0.2) is 18.7 Å². The van der Waals surface area contributed by atoms with Gasteiger partial charge in [0.2, 0.25) is 5.91 Å². The molecule has 2 aliphatic carbocycles. The van der Waals surface area contributed by atoms with Crippen molar-refractivity contribution in [1.29, 1.82) is 0 Å². The highest BCUT2D eigenvalue weighted by molar-refractivity contribution is 6.09. The smallest absolute Gasteiger partial charge is 0.255 e. The van der Waals surface area contributed by atoms with E-state index in [1.165, 1.54) is 13.3 Å². The maximum atomic E-state index is 15.4. The van der Waals surface area contributed by atoms with E-state index in [-0.39, 0.29) is 29.5 Å². The molecule has 2 fully saturated rings. The van der Waals surface area contributed by atoms with Crippen LogP contribution >= 0.6 is 0 Å². The van der Waals surface area contributed by atoms with E-state index in [4.69, 9.17) is 4.74 Å². The molecule has 3 aromatic rings. The molecule has 3 atom stereocenters. The highest BCUT2D eigenvalue weighted by Crippen LogP contribution is 2.39. The van der Waals surface area contributed by atoms with Crippen LogP contribution in [0.25, 0.3) is 22.3 Å². The number of fused-ring (bicyclic) bond motifs is 1. The van der Waals surface area contributed by atoms with E-state index in [1.54, 1.807) is 26.0 Å². The molecular weight excluding hydrogens is 468 g/mol. The third-order valence-corrected chi connectivity index (χ3v) is 6.91. The van der Waals surface area contributed by atoms with Crippen molar-refractivity contribution in [3.05, 3.63) is 41.1 Å². The molecule has 1 aromatic carbocycles. The highest BCUT2D eigenvalue weighted by atomic mass is 19.1. The Morgan fingerprint density at radius 3 is 2.67 bits per heavy atom. The fourth-order valence-corrected chi connectivity index (χ4v) is 4.87. The monoisotopic (exact) mass is 497 g/mol. The fraction of sp³-hybridized carbons (Fsp3) is 0.462. The Morgan fingerprint density at radius 1 is 1.17 bits per heavy atom.